The van der Waals surface area contributed by atoms with Crippen LogP contribution in [0, 0.1) is 13.8 Å². The van der Waals surface area contributed by atoms with Crippen molar-refractivity contribution in [1.82, 2.24) is 20.1 Å². The minimum absolute atomic E-state index is 0.0921. The molecule has 0 saturated carbocycles. The highest BCUT2D eigenvalue weighted by atomic mass is 32.2. The third-order valence-electron chi connectivity index (χ3n) is 4.11. The Morgan fingerprint density at radius 2 is 2.04 bits per heavy atom. The number of nitrogens with one attached hydrogen (secondary N) is 1. The Morgan fingerprint density at radius 3 is 2.71 bits per heavy atom. The van der Waals surface area contributed by atoms with E-state index in [4.69, 9.17) is 9.15 Å². The van der Waals surface area contributed by atoms with Crippen LogP contribution in [0.15, 0.2) is 46.2 Å². The van der Waals surface area contributed by atoms with Crippen LogP contribution in [0.25, 0.3) is 0 Å². The highest BCUT2D eigenvalue weighted by Crippen LogP contribution is 2.25. The molecular weight excluding hydrogens is 376 g/mol. The maximum absolute atomic E-state index is 12.0. The zero-order chi connectivity index (χ0) is 20.1. The molecule has 0 aliphatic heterocycles. The van der Waals surface area contributed by atoms with E-state index in [2.05, 4.69) is 21.6 Å². The second kappa shape index (κ2) is 8.97. The molecular formula is C20H24N4O3S. The lowest BCUT2D eigenvalue weighted by atomic mass is 10.1. The molecule has 0 fully saturated rings. The van der Waals surface area contributed by atoms with E-state index in [0.29, 0.717) is 17.5 Å². The molecule has 1 unspecified atom stereocenters. The number of hydrogen-bond acceptors (Lipinski definition) is 6. The molecule has 1 aromatic carbocycles. The van der Waals surface area contributed by atoms with Crippen molar-refractivity contribution in [1.29, 1.82) is 0 Å². The van der Waals surface area contributed by atoms with E-state index in [-0.39, 0.29) is 17.8 Å². The number of benzene rings is 1. The summed E-state index contributed by atoms with van der Waals surface area (Å²) in [5.41, 5.74) is 2.30. The van der Waals surface area contributed by atoms with Crippen LogP contribution in [-0.2, 0) is 18.4 Å². The van der Waals surface area contributed by atoms with Crippen molar-refractivity contribution in [2.24, 2.45) is 7.05 Å². The number of carbonyl (C=O) groups is 1. The lowest BCUT2D eigenvalue weighted by Crippen LogP contribution is -2.24. The first kappa shape index (κ1) is 20.0. The van der Waals surface area contributed by atoms with Gasteiger partial charge in [0.1, 0.15) is 11.5 Å². The van der Waals surface area contributed by atoms with Gasteiger partial charge in [0.2, 0.25) is 5.91 Å². The fourth-order valence-electron chi connectivity index (χ4n) is 2.84. The molecule has 0 aliphatic rings. The normalized spacial score (nSPS) is 12.0. The number of ether oxygens (including phenoxy) is 1. The molecule has 3 aromatic rings. The van der Waals surface area contributed by atoms with Crippen LogP contribution in [0.2, 0.25) is 0 Å². The maximum Gasteiger partial charge on any atom is 0.230 e. The summed E-state index contributed by atoms with van der Waals surface area (Å²) in [6, 6.07) is 9.71. The SMILES string of the molecule is Cc1cc(C)cc(OC(C)c2nnc(SCC(=O)NCc3ccco3)n2C)c1. The fraction of sp³-hybridized carbons (Fsp3) is 0.350. The number of hydrogen-bond donors (Lipinski definition) is 1. The van der Waals surface area contributed by atoms with Crippen LogP contribution in [0.3, 0.4) is 0 Å². The Kier molecular flexibility index (Phi) is 6.41. The molecule has 0 spiro atoms. The van der Waals surface area contributed by atoms with Crippen LogP contribution in [0.1, 0.15) is 35.7 Å². The Morgan fingerprint density at radius 1 is 1.29 bits per heavy atom. The molecule has 7 nitrogen and oxygen atoms in total. The van der Waals surface area contributed by atoms with Gasteiger partial charge >= 0.3 is 0 Å². The first-order valence-corrected chi connectivity index (χ1v) is 9.97. The van der Waals surface area contributed by atoms with Crippen LogP contribution in [0.5, 0.6) is 5.75 Å². The predicted octanol–water partition coefficient (Wildman–Crippen LogP) is 3.57. The van der Waals surface area contributed by atoms with Crippen molar-refractivity contribution in [2.75, 3.05) is 5.75 Å². The highest BCUT2D eigenvalue weighted by molar-refractivity contribution is 7.99. The third-order valence-corrected chi connectivity index (χ3v) is 5.13. The predicted molar refractivity (Wildman–Crippen MR) is 107 cm³/mol. The van der Waals surface area contributed by atoms with Gasteiger partial charge in [-0.1, -0.05) is 17.8 Å². The average Bonchev–Trinajstić information content (AvgIpc) is 3.27. The van der Waals surface area contributed by atoms with Gasteiger partial charge in [0.25, 0.3) is 0 Å². The molecule has 148 valence electrons. The number of amides is 1. The van der Waals surface area contributed by atoms with Gasteiger partial charge in [-0.2, -0.15) is 0 Å². The Balaban J connectivity index is 1.55. The van der Waals surface area contributed by atoms with Gasteiger partial charge in [-0.3, -0.25) is 4.79 Å². The van der Waals surface area contributed by atoms with E-state index < -0.39 is 0 Å². The summed E-state index contributed by atoms with van der Waals surface area (Å²) < 4.78 is 13.1. The largest absolute Gasteiger partial charge is 0.483 e. The smallest absolute Gasteiger partial charge is 0.230 e. The first-order valence-electron chi connectivity index (χ1n) is 8.98. The summed E-state index contributed by atoms with van der Waals surface area (Å²) in [6.07, 6.45) is 1.32. The number of aromatic nitrogens is 3. The standard InChI is InChI=1S/C20H24N4O3S/c1-13-8-14(2)10-17(9-13)27-15(3)19-22-23-20(24(19)4)28-12-18(25)21-11-16-6-5-7-26-16/h5-10,15H,11-12H2,1-4H3,(H,21,25). The summed E-state index contributed by atoms with van der Waals surface area (Å²) in [4.78, 5) is 12.0. The van der Waals surface area contributed by atoms with E-state index >= 15 is 0 Å². The Labute approximate surface area is 168 Å². The number of thioether (sulfide) groups is 1. The van der Waals surface area contributed by atoms with Crippen LogP contribution in [-0.4, -0.2) is 26.4 Å². The Hall–Kier alpha value is -2.74. The van der Waals surface area contributed by atoms with Gasteiger partial charge in [-0.25, -0.2) is 0 Å². The van der Waals surface area contributed by atoms with Crippen LogP contribution in [0.4, 0.5) is 0 Å². The fourth-order valence-corrected chi connectivity index (χ4v) is 3.59. The quantitative estimate of drug-likeness (QED) is 0.582. The number of carbonyl (C=O) groups excluding carboxylic acids is 1. The zero-order valence-corrected chi connectivity index (χ0v) is 17.2. The molecule has 0 bridgehead atoms. The molecule has 2 heterocycles. The van der Waals surface area contributed by atoms with E-state index in [1.807, 2.05) is 50.6 Å². The van der Waals surface area contributed by atoms with Crippen molar-refractivity contribution < 1.29 is 13.9 Å². The van der Waals surface area contributed by atoms with Gasteiger partial charge in [0.05, 0.1) is 18.6 Å². The monoisotopic (exact) mass is 400 g/mol. The lowest BCUT2D eigenvalue weighted by Gasteiger charge is -2.15. The second-order valence-electron chi connectivity index (χ2n) is 6.63. The number of aryl methyl sites for hydroxylation is 2. The van der Waals surface area contributed by atoms with Crippen LogP contribution < -0.4 is 10.1 Å². The van der Waals surface area contributed by atoms with Gasteiger partial charge in [0.15, 0.2) is 17.1 Å². The molecule has 3 rings (SSSR count). The van der Waals surface area contributed by atoms with Crippen molar-refractivity contribution in [3.05, 3.63) is 59.3 Å². The van der Waals surface area contributed by atoms with Crippen LogP contribution >= 0.6 is 11.8 Å². The van der Waals surface area contributed by atoms with Gasteiger partial charge < -0.3 is 19.0 Å². The topological polar surface area (TPSA) is 82.2 Å². The zero-order valence-electron chi connectivity index (χ0n) is 16.4. The molecule has 1 atom stereocenters. The van der Waals surface area contributed by atoms with Gasteiger partial charge in [0, 0.05) is 7.05 Å². The minimum atomic E-state index is -0.263. The summed E-state index contributed by atoms with van der Waals surface area (Å²) >= 11 is 1.33. The molecule has 1 amide bonds. The van der Waals surface area contributed by atoms with E-state index in [1.165, 1.54) is 11.8 Å². The number of nitrogens with zero attached hydrogens (tertiary/aromatic N) is 3. The van der Waals surface area contributed by atoms with Crippen molar-refractivity contribution in [2.45, 2.75) is 38.6 Å². The minimum Gasteiger partial charge on any atom is -0.483 e. The first-order chi connectivity index (χ1) is 13.4. The Bertz CT molecular complexity index is 917. The summed E-state index contributed by atoms with van der Waals surface area (Å²) in [6.45, 7) is 6.39. The third kappa shape index (κ3) is 5.16. The van der Waals surface area contributed by atoms with Gasteiger partial charge in [-0.15, -0.1) is 10.2 Å². The second-order valence-corrected chi connectivity index (χ2v) is 7.57. The molecule has 28 heavy (non-hydrogen) atoms. The molecule has 0 saturated heterocycles. The van der Waals surface area contributed by atoms with E-state index in [9.17, 15) is 4.79 Å². The van der Waals surface area contributed by atoms with Crippen molar-refractivity contribution in [3.63, 3.8) is 0 Å². The number of furan rings is 1. The number of rotatable bonds is 8. The van der Waals surface area contributed by atoms with Crippen molar-refractivity contribution in [3.8, 4) is 5.75 Å². The molecule has 0 aliphatic carbocycles. The molecule has 8 heteroatoms. The maximum atomic E-state index is 12.0. The van der Waals surface area contributed by atoms with E-state index in [1.54, 1.807) is 12.3 Å². The summed E-state index contributed by atoms with van der Waals surface area (Å²) in [7, 11) is 1.87. The lowest BCUT2D eigenvalue weighted by molar-refractivity contribution is -0.118. The molecule has 0 radical (unpaired) electrons. The van der Waals surface area contributed by atoms with E-state index in [0.717, 1.165) is 22.6 Å². The summed E-state index contributed by atoms with van der Waals surface area (Å²) in [5, 5.41) is 11.9. The summed E-state index contributed by atoms with van der Waals surface area (Å²) in [5.74, 6) is 2.39. The molecule has 1 N–H and O–H groups in total. The van der Waals surface area contributed by atoms with Crippen molar-refractivity contribution >= 4 is 17.7 Å². The average molecular weight is 401 g/mol. The highest BCUT2D eigenvalue weighted by Gasteiger charge is 2.18. The molecule has 2 aromatic heterocycles. The van der Waals surface area contributed by atoms with Gasteiger partial charge in [-0.05, 0) is 56.2 Å².